The monoisotopic (exact) mass is 371 g/mol. The third-order valence-electron chi connectivity index (χ3n) is 3.28. The molecule has 0 aromatic heterocycles. The Bertz CT molecular complexity index is 615. The molecular formula is C16H16BrClFNO. The predicted molar refractivity (Wildman–Crippen MR) is 87.6 cm³/mol. The van der Waals surface area contributed by atoms with Gasteiger partial charge in [0, 0.05) is 21.1 Å². The van der Waals surface area contributed by atoms with Crippen molar-refractivity contribution in [2.45, 2.75) is 12.5 Å². The highest BCUT2D eigenvalue weighted by atomic mass is 79.9. The van der Waals surface area contributed by atoms with Crippen molar-refractivity contribution in [1.29, 1.82) is 0 Å². The minimum absolute atomic E-state index is 0.00548. The molecule has 0 aliphatic heterocycles. The third-order valence-corrected chi connectivity index (χ3v) is 3.97. The molecule has 5 heteroatoms. The van der Waals surface area contributed by atoms with Gasteiger partial charge in [0.15, 0.2) is 0 Å². The highest BCUT2D eigenvalue weighted by molar-refractivity contribution is 9.10. The first-order chi connectivity index (χ1) is 10.0. The summed E-state index contributed by atoms with van der Waals surface area (Å²) in [5.41, 5.74) is 1.89. The molecule has 0 spiro atoms. The van der Waals surface area contributed by atoms with E-state index in [1.165, 1.54) is 12.1 Å². The highest BCUT2D eigenvalue weighted by Gasteiger charge is 2.16. The Morgan fingerprint density at radius 3 is 2.67 bits per heavy atom. The van der Waals surface area contributed by atoms with Crippen molar-refractivity contribution in [1.82, 2.24) is 5.32 Å². The molecule has 2 aromatic carbocycles. The second-order valence-corrected chi connectivity index (χ2v) is 6.06. The van der Waals surface area contributed by atoms with Gasteiger partial charge in [-0.25, -0.2) is 4.39 Å². The predicted octanol–water partition coefficient (Wildman–Crippen LogP) is 4.75. The summed E-state index contributed by atoms with van der Waals surface area (Å²) in [6.07, 6.45) is 0.644. The number of halogens is 3. The van der Waals surface area contributed by atoms with Gasteiger partial charge in [-0.1, -0.05) is 33.6 Å². The molecule has 2 nitrogen and oxygen atoms in total. The summed E-state index contributed by atoms with van der Waals surface area (Å²) in [6, 6.07) is 10.4. The lowest BCUT2D eigenvalue weighted by molar-refractivity contribution is 0.401. The fourth-order valence-corrected chi connectivity index (χ4v) is 2.98. The fraction of sp³-hybridized carbons (Fsp3) is 0.250. The van der Waals surface area contributed by atoms with Gasteiger partial charge in [0.2, 0.25) is 0 Å². The molecule has 0 fully saturated rings. The molecule has 0 saturated heterocycles. The molecule has 21 heavy (non-hydrogen) atoms. The zero-order valence-corrected chi connectivity index (χ0v) is 14.1. The SMILES string of the molecule is CNC(Cc1cc(F)cc(Br)c1)c1ccc(Cl)cc1OC. The summed E-state index contributed by atoms with van der Waals surface area (Å²) in [5.74, 6) is 0.467. The maximum Gasteiger partial charge on any atom is 0.125 e. The molecule has 0 radical (unpaired) electrons. The van der Waals surface area contributed by atoms with Crippen LogP contribution in [0.25, 0.3) is 0 Å². The van der Waals surface area contributed by atoms with Crippen molar-refractivity contribution in [3.63, 3.8) is 0 Å². The van der Waals surface area contributed by atoms with Gasteiger partial charge in [-0.2, -0.15) is 0 Å². The second-order valence-electron chi connectivity index (χ2n) is 4.71. The van der Waals surface area contributed by atoms with Crippen LogP contribution in [0.2, 0.25) is 5.02 Å². The van der Waals surface area contributed by atoms with Gasteiger partial charge in [-0.05, 0) is 49.4 Å². The summed E-state index contributed by atoms with van der Waals surface area (Å²) in [4.78, 5) is 0. The van der Waals surface area contributed by atoms with E-state index < -0.39 is 0 Å². The Hall–Kier alpha value is -1.10. The first-order valence-electron chi connectivity index (χ1n) is 6.49. The number of rotatable bonds is 5. The zero-order chi connectivity index (χ0) is 15.4. The molecule has 112 valence electrons. The van der Waals surface area contributed by atoms with Crippen LogP contribution in [0, 0.1) is 5.82 Å². The average Bonchev–Trinajstić information content (AvgIpc) is 2.44. The van der Waals surface area contributed by atoms with E-state index in [-0.39, 0.29) is 11.9 Å². The summed E-state index contributed by atoms with van der Waals surface area (Å²) in [7, 11) is 3.48. The molecule has 1 unspecified atom stereocenters. The van der Waals surface area contributed by atoms with Gasteiger partial charge in [-0.15, -0.1) is 0 Å². The van der Waals surface area contributed by atoms with Crippen molar-refractivity contribution in [3.05, 3.63) is 62.8 Å². The molecule has 0 aliphatic carbocycles. The van der Waals surface area contributed by atoms with Gasteiger partial charge in [0.25, 0.3) is 0 Å². The third kappa shape index (κ3) is 4.19. The van der Waals surface area contributed by atoms with Crippen molar-refractivity contribution in [2.24, 2.45) is 0 Å². The van der Waals surface area contributed by atoms with E-state index in [2.05, 4.69) is 21.2 Å². The summed E-state index contributed by atoms with van der Waals surface area (Å²) in [6.45, 7) is 0. The largest absolute Gasteiger partial charge is 0.496 e. The van der Waals surface area contributed by atoms with E-state index >= 15 is 0 Å². The van der Waals surface area contributed by atoms with Gasteiger partial charge in [-0.3, -0.25) is 0 Å². The van der Waals surface area contributed by atoms with E-state index in [0.29, 0.717) is 11.4 Å². The topological polar surface area (TPSA) is 21.3 Å². The number of likely N-dealkylation sites (N-methyl/N-ethyl adjacent to an activating group) is 1. The first kappa shape index (κ1) is 16.3. The van der Waals surface area contributed by atoms with Crippen LogP contribution >= 0.6 is 27.5 Å². The molecule has 0 amide bonds. The van der Waals surface area contributed by atoms with Gasteiger partial charge >= 0.3 is 0 Å². The van der Waals surface area contributed by atoms with Crippen molar-refractivity contribution in [3.8, 4) is 5.75 Å². The van der Waals surface area contributed by atoms with E-state index in [4.69, 9.17) is 16.3 Å². The van der Waals surface area contributed by atoms with Crippen LogP contribution in [-0.4, -0.2) is 14.2 Å². The Morgan fingerprint density at radius 1 is 1.29 bits per heavy atom. The van der Waals surface area contributed by atoms with Crippen LogP contribution in [0.3, 0.4) is 0 Å². The molecule has 2 rings (SSSR count). The second kappa shape index (κ2) is 7.25. The van der Waals surface area contributed by atoms with Crippen LogP contribution in [-0.2, 0) is 6.42 Å². The molecule has 1 N–H and O–H groups in total. The van der Waals surface area contributed by atoms with Crippen LogP contribution in [0.4, 0.5) is 4.39 Å². The average molecular weight is 373 g/mol. The number of nitrogens with one attached hydrogen (secondary N) is 1. The van der Waals surface area contributed by atoms with Gasteiger partial charge < -0.3 is 10.1 Å². The van der Waals surface area contributed by atoms with E-state index in [1.807, 2.05) is 25.2 Å². The zero-order valence-electron chi connectivity index (χ0n) is 11.8. The lowest BCUT2D eigenvalue weighted by atomic mass is 9.98. The smallest absolute Gasteiger partial charge is 0.125 e. The number of hydrogen-bond donors (Lipinski definition) is 1. The summed E-state index contributed by atoms with van der Waals surface area (Å²) in [5, 5.41) is 3.86. The van der Waals surface area contributed by atoms with Gasteiger partial charge in [0.1, 0.15) is 11.6 Å². The highest BCUT2D eigenvalue weighted by Crippen LogP contribution is 2.30. The summed E-state index contributed by atoms with van der Waals surface area (Å²) < 4.78 is 19.6. The Balaban J connectivity index is 2.31. The number of methoxy groups -OCH3 is 1. The molecule has 1 atom stereocenters. The van der Waals surface area contributed by atoms with E-state index in [1.54, 1.807) is 13.2 Å². The minimum atomic E-state index is -0.253. The maximum absolute atomic E-state index is 13.5. The standard InChI is InChI=1S/C16H16BrClFNO/c1-20-15(7-10-5-11(17)8-13(19)6-10)14-4-3-12(18)9-16(14)21-2/h3-6,8-9,15,20H,7H2,1-2H3. The van der Waals surface area contributed by atoms with Crippen LogP contribution < -0.4 is 10.1 Å². The van der Waals surface area contributed by atoms with E-state index in [0.717, 1.165) is 21.3 Å². The molecule has 0 heterocycles. The number of benzene rings is 2. The van der Waals surface area contributed by atoms with Gasteiger partial charge in [0.05, 0.1) is 7.11 Å². The molecule has 0 saturated carbocycles. The molecule has 2 aromatic rings. The normalized spacial score (nSPS) is 12.2. The van der Waals surface area contributed by atoms with E-state index in [9.17, 15) is 4.39 Å². The maximum atomic E-state index is 13.5. The fourth-order valence-electron chi connectivity index (χ4n) is 2.30. The quantitative estimate of drug-likeness (QED) is 0.817. The minimum Gasteiger partial charge on any atom is -0.496 e. The van der Waals surface area contributed by atoms with Crippen molar-refractivity contribution < 1.29 is 9.13 Å². The summed E-state index contributed by atoms with van der Waals surface area (Å²) >= 11 is 9.31. The molecule has 0 bridgehead atoms. The molecule has 0 aliphatic rings. The first-order valence-corrected chi connectivity index (χ1v) is 7.66. The number of ether oxygens (including phenoxy) is 1. The van der Waals surface area contributed by atoms with Crippen molar-refractivity contribution >= 4 is 27.5 Å². The lowest BCUT2D eigenvalue weighted by Gasteiger charge is -2.20. The van der Waals surface area contributed by atoms with Crippen LogP contribution in [0.1, 0.15) is 17.2 Å². The Labute approximate surface area is 137 Å². The van der Waals surface area contributed by atoms with Crippen LogP contribution in [0.15, 0.2) is 40.9 Å². The lowest BCUT2D eigenvalue weighted by Crippen LogP contribution is -2.19. The Morgan fingerprint density at radius 2 is 2.05 bits per heavy atom. The van der Waals surface area contributed by atoms with Crippen molar-refractivity contribution in [2.75, 3.05) is 14.2 Å². The molecular weight excluding hydrogens is 357 g/mol. The van der Waals surface area contributed by atoms with Crippen LogP contribution in [0.5, 0.6) is 5.75 Å². The Kier molecular flexibility index (Phi) is 5.62. The number of hydrogen-bond acceptors (Lipinski definition) is 2.